The summed E-state index contributed by atoms with van der Waals surface area (Å²) in [4.78, 5) is 38.1. The fourth-order valence-corrected chi connectivity index (χ4v) is 4.26. The van der Waals surface area contributed by atoms with Crippen molar-refractivity contribution in [3.05, 3.63) is 35.4 Å². The normalized spacial score (nSPS) is 14.0. The Morgan fingerprint density at radius 1 is 0.667 bits per heavy atom. The molecular weight excluding hydrogens is 366 g/mol. The Morgan fingerprint density at radius 3 is 1.00 bits per heavy atom. The van der Waals surface area contributed by atoms with E-state index in [1.54, 1.807) is 0 Å². The van der Waals surface area contributed by atoms with E-state index in [1.807, 2.05) is 0 Å². The van der Waals surface area contributed by atoms with E-state index in [-0.39, 0.29) is 11.1 Å². The van der Waals surface area contributed by atoms with Gasteiger partial charge in [0.05, 0.1) is 0 Å². The first-order chi connectivity index (χ1) is 11.0. The van der Waals surface area contributed by atoms with E-state index < -0.39 is 26.2 Å². The van der Waals surface area contributed by atoms with Gasteiger partial charge in [-0.15, -0.1) is 0 Å². The van der Waals surface area contributed by atoms with E-state index in [1.165, 1.54) is 24.3 Å². The molecule has 4 N–H and O–H groups in total. The molecule has 24 heavy (non-hydrogen) atoms. The highest BCUT2D eigenvalue weighted by molar-refractivity contribution is 7.53. The molecule has 0 radical (unpaired) electrons. The molecule has 0 saturated carbocycles. The van der Waals surface area contributed by atoms with Crippen LogP contribution in [0.4, 0.5) is 0 Å². The highest BCUT2D eigenvalue weighted by Crippen LogP contribution is 2.60. The molecule has 0 aliphatic heterocycles. The minimum absolute atomic E-state index is 0.0589. The van der Waals surface area contributed by atoms with Crippen LogP contribution in [-0.4, -0.2) is 48.0 Å². The van der Waals surface area contributed by atoms with Gasteiger partial charge in [-0.2, -0.15) is 0 Å². The molecular formula is C12H20O10P2. The zero-order valence-electron chi connectivity index (χ0n) is 13.4. The second-order valence-corrected chi connectivity index (χ2v) is 8.00. The third kappa shape index (κ3) is 3.36. The average Bonchev–Trinajstić information content (AvgIpc) is 2.49. The van der Waals surface area contributed by atoms with Crippen molar-refractivity contribution in [1.29, 1.82) is 0 Å². The maximum Gasteiger partial charge on any atom is 0.389 e. The molecule has 0 aromatic heterocycles. The average molecular weight is 386 g/mol. The molecule has 1 aromatic rings. The van der Waals surface area contributed by atoms with Crippen molar-refractivity contribution in [2.45, 2.75) is 11.1 Å². The molecule has 10 nitrogen and oxygen atoms in total. The zero-order valence-corrected chi connectivity index (χ0v) is 15.2. The molecule has 12 heteroatoms. The van der Waals surface area contributed by atoms with Crippen molar-refractivity contribution in [1.82, 2.24) is 0 Å². The number of hydrogen-bond donors (Lipinski definition) is 4. The monoisotopic (exact) mass is 386 g/mol. The predicted octanol–water partition coefficient (Wildman–Crippen LogP) is 0.848. The Bertz CT molecular complexity index is 581. The highest BCUT2D eigenvalue weighted by atomic mass is 31.2. The fraction of sp³-hybridized carbons (Fsp3) is 0.500. The van der Waals surface area contributed by atoms with E-state index in [4.69, 9.17) is 18.9 Å². The van der Waals surface area contributed by atoms with Gasteiger partial charge in [-0.3, -0.25) is 9.13 Å². The predicted molar refractivity (Wildman–Crippen MR) is 81.9 cm³/mol. The minimum Gasteiger partial charge on any atom is -0.340 e. The van der Waals surface area contributed by atoms with Gasteiger partial charge in [0.2, 0.25) is 0 Å². The van der Waals surface area contributed by atoms with Gasteiger partial charge in [-0.1, -0.05) is 24.3 Å². The summed E-state index contributed by atoms with van der Waals surface area (Å²) < 4.78 is 43.0. The van der Waals surface area contributed by atoms with Crippen LogP contribution in [-0.2, 0) is 39.1 Å². The van der Waals surface area contributed by atoms with Crippen LogP contribution in [0.2, 0.25) is 0 Å². The number of methoxy groups -OCH3 is 4. The first kappa shape index (κ1) is 21.4. The van der Waals surface area contributed by atoms with Crippen LogP contribution in [0.5, 0.6) is 0 Å². The maximum atomic E-state index is 11.7. The molecule has 0 fully saturated rings. The third-order valence-electron chi connectivity index (χ3n) is 3.49. The molecule has 0 aliphatic rings. The summed E-state index contributed by atoms with van der Waals surface area (Å²) in [7, 11) is -5.56. The van der Waals surface area contributed by atoms with Gasteiger partial charge in [0.15, 0.2) is 0 Å². The molecule has 1 rings (SSSR count). The third-order valence-corrected chi connectivity index (χ3v) is 6.27. The Hall–Kier alpha value is -0.640. The second kappa shape index (κ2) is 7.31. The minimum atomic E-state index is -4.89. The summed E-state index contributed by atoms with van der Waals surface area (Å²) in [6.07, 6.45) is 0. The molecule has 0 atom stereocenters. The SMILES string of the molecule is COC(OC)(c1ccc(C(OC)(OC)P(=O)(O)O)cc1)P(=O)(O)O. The smallest absolute Gasteiger partial charge is 0.340 e. The molecule has 0 unspecified atom stereocenters. The summed E-state index contributed by atoms with van der Waals surface area (Å²) in [5.41, 5.74) is -4.82. The first-order valence-corrected chi connectivity index (χ1v) is 9.61. The van der Waals surface area contributed by atoms with Gasteiger partial charge < -0.3 is 38.5 Å². The summed E-state index contributed by atoms with van der Waals surface area (Å²) in [6.45, 7) is 0. The molecule has 0 saturated heterocycles. The van der Waals surface area contributed by atoms with Crippen molar-refractivity contribution in [2.24, 2.45) is 0 Å². The Kier molecular flexibility index (Phi) is 6.52. The van der Waals surface area contributed by atoms with Crippen molar-refractivity contribution in [2.75, 3.05) is 28.4 Å². The highest BCUT2D eigenvalue weighted by Gasteiger charge is 2.52. The van der Waals surface area contributed by atoms with Crippen molar-refractivity contribution in [3.63, 3.8) is 0 Å². The van der Waals surface area contributed by atoms with E-state index >= 15 is 0 Å². The molecule has 0 amide bonds. The van der Waals surface area contributed by atoms with Crippen molar-refractivity contribution >= 4 is 15.2 Å². The lowest BCUT2D eigenvalue weighted by molar-refractivity contribution is -0.164. The molecule has 1 aromatic carbocycles. The molecule has 138 valence electrons. The zero-order chi connectivity index (χ0) is 18.8. The molecule has 0 bridgehead atoms. The van der Waals surface area contributed by atoms with Crippen molar-refractivity contribution in [3.8, 4) is 0 Å². The van der Waals surface area contributed by atoms with Gasteiger partial charge >= 0.3 is 15.2 Å². The van der Waals surface area contributed by atoms with Crippen molar-refractivity contribution < 1.29 is 47.7 Å². The van der Waals surface area contributed by atoms with Crippen LogP contribution in [0, 0.1) is 0 Å². The van der Waals surface area contributed by atoms with Gasteiger partial charge in [0.1, 0.15) is 0 Å². The van der Waals surface area contributed by atoms with Gasteiger partial charge in [-0.25, -0.2) is 0 Å². The Morgan fingerprint density at radius 2 is 0.875 bits per heavy atom. The largest absolute Gasteiger partial charge is 0.389 e. The molecule has 0 spiro atoms. The first-order valence-electron chi connectivity index (χ1n) is 6.38. The lowest BCUT2D eigenvalue weighted by Gasteiger charge is -2.33. The standard InChI is InChI=1S/C12H20O10P2/c1-19-11(20-2,23(13,14)15)9-5-7-10(8-6-9)12(21-3,22-4)24(16,17)18/h5-8H,1-4H3,(H2,13,14,15)(H2,16,17,18). The summed E-state index contributed by atoms with van der Waals surface area (Å²) in [5, 5.41) is 0. The topological polar surface area (TPSA) is 152 Å². The Labute approximate surface area is 138 Å². The van der Waals surface area contributed by atoms with Crippen LogP contribution in [0.25, 0.3) is 0 Å². The summed E-state index contributed by atoms with van der Waals surface area (Å²) in [6, 6.07) is 4.74. The number of benzene rings is 1. The van der Waals surface area contributed by atoms with Gasteiger partial charge in [0, 0.05) is 39.6 Å². The summed E-state index contributed by atoms with van der Waals surface area (Å²) >= 11 is 0. The number of hydrogen-bond acceptors (Lipinski definition) is 6. The lowest BCUT2D eigenvalue weighted by Crippen LogP contribution is -2.32. The van der Waals surface area contributed by atoms with Crippen LogP contribution in [0.15, 0.2) is 24.3 Å². The Balaban J connectivity index is 3.50. The van der Waals surface area contributed by atoms with Crippen LogP contribution < -0.4 is 0 Å². The fourth-order valence-electron chi connectivity index (χ4n) is 2.34. The number of ether oxygens (including phenoxy) is 4. The van der Waals surface area contributed by atoms with Gasteiger partial charge in [0.25, 0.3) is 11.1 Å². The second-order valence-electron chi connectivity index (χ2n) is 4.65. The maximum absolute atomic E-state index is 11.7. The van der Waals surface area contributed by atoms with E-state index in [9.17, 15) is 28.7 Å². The van der Waals surface area contributed by atoms with Crippen LogP contribution in [0.1, 0.15) is 11.1 Å². The lowest BCUT2D eigenvalue weighted by atomic mass is 10.1. The van der Waals surface area contributed by atoms with E-state index in [0.717, 1.165) is 28.4 Å². The number of rotatable bonds is 8. The van der Waals surface area contributed by atoms with E-state index in [0.29, 0.717) is 0 Å². The quantitative estimate of drug-likeness (QED) is 0.374. The molecule has 0 heterocycles. The molecule has 0 aliphatic carbocycles. The van der Waals surface area contributed by atoms with Gasteiger partial charge in [-0.05, 0) is 0 Å². The summed E-state index contributed by atoms with van der Waals surface area (Å²) in [5.74, 6) is 0. The van der Waals surface area contributed by atoms with Crippen LogP contribution in [0.3, 0.4) is 0 Å². The van der Waals surface area contributed by atoms with Crippen LogP contribution >= 0.6 is 15.2 Å². The van der Waals surface area contributed by atoms with E-state index in [2.05, 4.69) is 0 Å².